The van der Waals surface area contributed by atoms with Crippen molar-refractivity contribution in [3.63, 3.8) is 0 Å². The summed E-state index contributed by atoms with van der Waals surface area (Å²) in [6.45, 7) is 7.07. The highest BCUT2D eigenvalue weighted by molar-refractivity contribution is 5.86. The highest BCUT2D eigenvalue weighted by Gasteiger charge is 2.23. The number of likely N-dealkylation sites (tertiary alicyclic amines) is 1. The fourth-order valence-electron chi connectivity index (χ4n) is 4.19. The topological polar surface area (TPSA) is 96.3 Å². The fourth-order valence-corrected chi connectivity index (χ4v) is 4.19. The summed E-state index contributed by atoms with van der Waals surface area (Å²) in [6, 6.07) is 5.83. The van der Waals surface area contributed by atoms with E-state index >= 15 is 0 Å². The minimum Gasteiger partial charge on any atom is -0.453 e. The quantitative estimate of drug-likeness (QED) is 0.525. The lowest BCUT2D eigenvalue weighted by atomic mass is 10.0. The van der Waals surface area contributed by atoms with Crippen LogP contribution in [0.15, 0.2) is 36.7 Å². The first-order chi connectivity index (χ1) is 15.4. The van der Waals surface area contributed by atoms with E-state index in [2.05, 4.69) is 27.1 Å². The molecule has 3 heterocycles. The van der Waals surface area contributed by atoms with Crippen molar-refractivity contribution in [2.75, 3.05) is 19.6 Å². The van der Waals surface area contributed by atoms with Crippen LogP contribution in [-0.4, -0.2) is 52.5 Å². The summed E-state index contributed by atoms with van der Waals surface area (Å²) in [4.78, 5) is 22.2. The molecule has 4 rings (SSSR count). The van der Waals surface area contributed by atoms with Gasteiger partial charge in [0.2, 0.25) is 5.91 Å². The number of halogens is 1. The molecular formula is C24H30FN5O2. The SMILES string of the molecule is CCN1CCC(NC(=O)[C@@H](N)Cc2ccc(Oc3ccnc4[nH]cc(C)c34)c(F)c2)CC1. The summed E-state index contributed by atoms with van der Waals surface area (Å²) in [6.07, 6.45) is 5.56. The minimum absolute atomic E-state index is 0.113. The number of piperidine rings is 1. The van der Waals surface area contributed by atoms with Crippen LogP contribution in [0.4, 0.5) is 4.39 Å². The van der Waals surface area contributed by atoms with E-state index in [0.29, 0.717) is 17.0 Å². The van der Waals surface area contributed by atoms with Gasteiger partial charge in [0, 0.05) is 31.5 Å². The predicted molar refractivity (Wildman–Crippen MR) is 122 cm³/mol. The normalized spacial score (nSPS) is 16.2. The third-order valence-corrected chi connectivity index (χ3v) is 6.12. The zero-order valence-corrected chi connectivity index (χ0v) is 18.5. The summed E-state index contributed by atoms with van der Waals surface area (Å²) in [5, 5.41) is 3.86. The molecule has 0 bridgehead atoms. The van der Waals surface area contributed by atoms with Gasteiger partial charge in [-0.05, 0) is 62.1 Å². The lowest BCUT2D eigenvalue weighted by Gasteiger charge is -2.32. The van der Waals surface area contributed by atoms with Gasteiger partial charge in [0.15, 0.2) is 11.6 Å². The Hall–Kier alpha value is -2.97. The predicted octanol–water partition coefficient (Wildman–Crippen LogP) is 3.27. The van der Waals surface area contributed by atoms with Crippen LogP contribution in [0.3, 0.4) is 0 Å². The smallest absolute Gasteiger partial charge is 0.237 e. The van der Waals surface area contributed by atoms with Crippen LogP contribution in [0.5, 0.6) is 11.5 Å². The largest absolute Gasteiger partial charge is 0.453 e. The highest BCUT2D eigenvalue weighted by Crippen LogP contribution is 2.32. The number of carbonyl (C=O) groups excluding carboxylic acids is 1. The van der Waals surface area contributed by atoms with Crippen molar-refractivity contribution in [2.45, 2.75) is 45.2 Å². The third kappa shape index (κ3) is 4.92. The van der Waals surface area contributed by atoms with E-state index < -0.39 is 11.9 Å². The standard InChI is InChI=1S/C24H30FN5O2/c1-3-30-10-7-17(8-11-30)29-24(31)19(26)13-16-4-5-20(18(25)12-16)32-21-6-9-27-23-22(21)15(2)14-28-23/h4-6,9,12,14,17,19H,3,7-8,10-11,13,26H2,1-2H3,(H,27,28)(H,29,31)/t19-/m0/s1. The number of nitrogens with one attached hydrogen (secondary N) is 2. The van der Waals surface area contributed by atoms with Crippen LogP contribution in [0.25, 0.3) is 11.0 Å². The molecule has 170 valence electrons. The number of aromatic amines is 1. The summed E-state index contributed by atoms with van der Waals surface area (Å²) in [5.41, 5.74) is 8.42. The lowest BCUT2D eigenvalue weighted by Crippen LogP contribution is -2.50. The fraction of sp³-hybridized carbons (Fsp3) is 0.417. The van der Waals surface area contributed by atoms with Crippen molar-refractivity contribution in [3.05, 3.63) is 53.6 Å². The number of H-pyrrole nitrogens is 1. The molecule has 7 nitrogen and oxygen atoms in total. The number of benzene rings is 1. The van der Waals surface area contributed by atoms with Gasteiger partial charge in [-0.1, -0.05) is 13.0 Å². The first-order valence-electron chi connectivity index (χ1n) is 11.1. The second kappa shape index (κ2) is 9.67. The maximum atomic E-state index is 14.8. The number of aryl methyl sites for hydroxylation is 1. The molecule has 0 radical (unpaired) electrons. The van der Waals surface area contributed by atoms with Crippen LogP contribution >= 0.6 is 0 Å². The second-order valence-corrected chi connectivity index (χ2v) is 8.40. The average Bonchev–Trinajstić information content (AvgIpc) is 3.18. The second-order valence-electron chi connectivity index (χ2n) is 8.40. The van der Waals surface area contributed by atoms with Crippen molar-refractivity contribution >= 4 is 16.9 Å². The molecule has 2 aromatic heterocycles. The Morgan fingerprint density at radius 1 is 1.34 bits per heavy atom. The first kappa shape index (κ1) is 22.2. The molecule has 32 heavy (non-hydrogen) atoms. The van der Waals surface area contributed by atoms with E-state index in [0.717, 1.165) is 43.4 Å². The monoisotopic (exact) mass is 439 g/mol. The third-order valence-electron chi connectivity index (χ3n) is 6.12. The van der Waals surface area contributed by atoms with Crippen molar-refractivity contribution in [2.24, 2.45) is 5.73 Å². The van der Waals surface area contributed by atoms with E-state index in [4.69, 9.17) is 10.5 Å². The Labute approximate surface area is 187 Å². The molecule has 4 N–H and O–H groups in total. The maximum Gasteiger partial charge on any atom is 0.237 e. The molecule has 1 saturated heterocycles. The molecule has 1 fully saturated rings. The summed E-state index contributed by atoms with van der Waals surface area (Å²) >= 11 is 0. The highest BCUT2D eigenvalue weighted by atomic mass is 19.1. The number of aromatic nitrogens is 2. The molecule has 0 unspecified atom stereocenters. The molecular weight excluding hydrogens is 409 g/mol. The van der Waals surface area contributed by atoms with Crippen molar-refractivity contribution in [1.29, 1.82) is 0 Å². The number of nitrogens with two attached hydrogens (primary N) is 1. The average molecular weight is 440 g/mol. The number of rotatable bonds is 7. The molecule has 0 aliphatic carbocycles. The summed E-state index contributed by atoms with van der Waals surface area (Å²) in [7, 11) is 0. The molecule has 1 atom stereocenters. The molecule has 1 amide bonds. The van der Waals surface area contributed by atoms with Crippen molar-refractivity contribution in [1.82, 2.24) is 20.2 Å². The van der Waals surface area contributed by atoms with Gasteiger partial charge in [-0.3, -0.25) is 4.79 Å². The van der Waals surface area contributed by atoms with Gasteiger partial charge in [-0.15, -0.1) is 0 Å². The molecule has 0 saturated carbocycles. The Bertz CT molecular complexity index is 1090. The number of hydrogen-bond donors (Lipinski definition) is 3. The molecule has 8 heteroatoms. The molecule has 1 aromatic carbocycles. The summed E-state index contributed by atoms with van der Waals surface area (Å²) in [5.74, 6) is -0.0452. The number of amides is 1. The number of nitrogens with zero attached hydrogens (tertiary/aromatic N) is 2. The van der Waals surface area contributed by atoms with Crippen LogP contribution in [0, 0.1) is 12.7 Å². The van der Waals surface area contributed by atoms with Gasteiger partial charge in [-0.2, -0.15) is 0 Å². The van der Waals surface area contributed by atoms with E-state index in [1.165, 1.54) is 6.07 Å². The number of ether oxygens (including phenoxy) is 1. The Kier molecular flexibility index (Phi) is 6.72. The van der Waals surface area contributed by atoms with Crippen LogP contribution in [0.1, 0.15) is 30.9 Å². The van der Waals surface area contributed by atoms with Gasteiger partial charge in [0.05, 0.1) is 11.4 Å². The Balaban J connectivity index is 1.37. The van der Waals surface area contributed by atoms with Crippen LogP contribution < -0.4 is 15.8 Å². The molecule has 3 aromatic rings. The zero-order valence-electron chi connectivity index (χ0n) is 18.5. The number of pyridine rings is 1. The minimum atomic E-state index is -0.729. The summed E-state index contributed by atoms with van der Waals surface area (Å²) < 4.78 is 20.6. The maximum absolute atomic E-state index is 14.8. The molecule has 1 aliphatic rings. The van der Waals surface area contributed by atoms with Crippen molar-refractivity contribution < 1.29 is 13.9 Å². The van der Waals surface area contributed by atoms with E-state index in [-0.39, 0.29) is 24.1 Å². The zero-order chi connectivity index (χ0) is 22.7. The molecule has 0 spiro atoms. The Morgan fingerprint density at radius 2 is 2.12 bits per heavy atom. The number of hydrogen-bond acceptors (Lipinski definition) is 5. The van der Waals surface area contributed by atoms with Gasteiger partial charge in [0.1, 0.15) is 11.4 Å². The van der Waals surface area contributed by atoms with E-state index in [1.54, 1.807) is 24.4 Å². The molecule has 1 aliphatic heterocycles. The van der Waals surface area contributed by atoms with Gasteiger partial charge in [0.25, 0.3) is 0 Å². The number of carbonyl (C=O) groups is 1. The van der Waals surface area contributed by atoms with Crippen molar-refractivity contribution in [3.8, 4) is 11.5 Å². The first-order valence-corrected chi connectivity index (χ1v) is 11.1. The Morgan fingerprint density at radius 3 is 2.84 bits per heavy atom. The van der Waals surface area contributed by atoms with Crippen LogP contribution in [0.2, 0.25) is 0 Å². The van der Waals surface area contributed by atoms with E-state index in [9.17, 15) is 9.18 Å². The van der Waals surface area contributed by atoms with E-state index in [1.807, 2.05) is 13.1 Å². The van der Waals surface area contributed by atoms with Gasteiger partial charge < -0.3 is 25.7 Å². The lowest BCUT2D eigenvalue weighted by molar-refractivity contribution is -0.123. The van der Waals surface area contributed by atoms with Crippen LogP contribution in [-0.2, 0) is 11.2 Å². The van der Waals surface area contributed by atoms with Gasteiger partial charge in [-0.25, -0.2) is 9.37 Å². The van der Waals surface area contributed by atoms with Gasteiger partial charge >= 0.3 is 0 Å². The number of fused-ring (bicyclic) bond motifs is 1.